The summed E-state index contributed by atoms with van der Waals surface area (Å²) < 4.78 is 66.3. The molecule has 4 nitrogen and oxygen atoms in total. The van der Waals surface area contributed by atoms with Crippen LogP contribution in [0, 0.1) is 0 Å². The maximum absolute atomic E-state index is 12.9. The lowest BCUT2D eigenvalue weighted by Gasteiger charge is -2.27. The molecule has 0 aliphatic carbocycles. The zero-order valence-electron chi connectivity index (χ0n) is 9.77. The minimum Gasteiger partial charge on any atom is -0.383 e. The molecule has 0 fully saturated rings. The number of rotatable bonds is 7. The van der Waals surface area contributed by atoms with Gasteiger partial charge in [0.2, 0.25) is 0 Å². The maximum Gasteiger partial charge on any atom is 0.463 e. The molecule has 19 heavy (non-hydrogen) atoms. The molecule has 0 saturated carbocycles. The largest absolute Gasteiger partial charge is 0.463 e. The Kier molecular flexibility index (Phi) is 6.64. The van der Waals surface area contributed by atoms with Crippen LogP contribution in [0.3, 0.4) is 0 Å². The van der Waals surface area contributed by atoms with Gasteiger partial charge in [0, 0.05) is 13.7 Å². The van der Waals surface area contributed by atoms with Gasteiger partial charge in [-0.05, 0) is 0 Å². The molecule has 0 N–H and O–H groups in total. The fourth-order valence-corrected chi connectivity index (χ4v) is 1.11. The summed E-state index contributed by atoms with van der Waals surface area (Å²) in [4.78, 5) is 22.2. The van der Waals surface area contributed by atoms with E-state index in [4.69, 9.17) is 11.6 Å². The normalized spacial score (nSPS) is 12.4. The zero-order valence-corrected chi connectivity index (χ0v) is 10.5. The van der Waals surface area contributed by atoms with Crippen molar-refractivity contribution in [3.63, 3.8) is 0 Å². The molecule has 0 bridgehead atoms. The van der Waals surface area contributed by atoms with Crippen LogP contribution in [0.2, 0.25) is 0 Å². The first-order valence-corrected chi connectivity index (χ1v) is 5.42. The van der Waals surface area contributed by atoms with E-state index in [1.807, 2.05) is 0 Å². The third-order valence-electron chi connectivity index (χ3n) is 1.99. The van der Waals surface area contributed by atoms with E-state index in [0.29, 0.717) is 0 Å². The van der Waals surface area contributed by atoms with Gasteiger partial charge in [-0.1, -0.05) is 0 Å². The number of ketones is 1. The second kappa shape index (κ2) is 6.99. The number of alkyl halides is 6. The molecular weight excluding hydrogens is 301 g/mol. The average Bonchev–Trinajstić information content (AvgIpc) is 2.31. The molecule has 0 heterocycles. The van der Waals surface area contributed by atoms with Crippen molar-refractivity contribution in [3.8, 4) is 0 Å². The summed E-state index contributed by atoms with van der Waals surface area (Å²) in [7, 11) is 1.16. The van der Waals surface area contributed by atoms with Crippen LogP contribution in [0.1, 0.15) is 0 Å². The molecule has 0 aliphatic rings. The summed E-state index contributed by atoms with van der Waals surface area (Å²) >= 11 is 5.11. The average molecular weight is 312 g/mol. The van der Waals surface area contributed by atoms with Crippen molar-refractivity contribution in [1.82, 2.24) is 4.90 Å². The van der Waals surface area contributed by atoms with Crippen LogP contribution in [0.25, 0.3) is 0 Å². The van der Waals surface area contributed by atoms with Crippen LogP contribution >= 0.6 is 11.6 Å². The van der Waals surface area contributed by atoms with Crippen molar-refractivity contribution < 1.29 is 36.3 Å². The van der Waals surface area contributed by atoms with Crippen molar-refractivity contribution in [1.29, 1.82) is 0 Å². The van der Waals surface area contributed by atoms with Gasteiger partial charge in [0.25, 0.3) is 0 Å². The van der Waals surface area contributed by atoms with Gasteiger partial charge in [-0.3, -0.25) is 9.59 Å². The zero-order chi connectivity index (χ0) is 15.3. The van der Waals surface area contributed by atoms with Gasteiger partial charge in [0.1, 0.15) is 0 Å². The van der Waals surface area contributed by atoms with Crippen LogP contribution in [0.4, 0.5) is 22.0 Å². The first kappa shape index (κ1) is 18.0. The molecule has 0 atom stereocenters. The molecule has 0 aromatic heterocycles. The standard InChI is InChI=1S/C9H11ClF5NO3/c1-19-3-2-16(5-6(17)4-10)7(18)8(11,12)9(13,14)15/h2-5H2,1H3. The quantitative estimate of drug-likeness (QED) is 0.528. The summed E-state index contributed by atoms with van der Waals surface area (Å²) in [6, 6.07) is 0. The van der Waals surface area contributed by atoms with Gasteiger partial charge in [0.05, 0.1) is 19.0 Å². The Morgan fingerprint density at radius 1 is 1.21 bits per heavy atom. The van der Waals surface area contributed by atoms with E-state index >= 15 is 0 Å². The Bertz CT molecular complexity index is 334. The van der Waals surface area contributed by atoms with E-state index in [2.05, 4.69) is 4.74 Å². The summed E-state index contributed by atoms with van der Waals surface area (Å²) in [5.74, 6) is -9.53. The van der Waals surface area contributed by atoms with E-state index in [1.165, 1.54) is 0 Å². The Morgan fingerprint density at radius 3 is 2.11 bits per heavy atom. The number of hydrogen-bond acceptors (Lipinski definition) is 3. The highest BCUT2D eigenvalue weighted by molar-refractivity contribution is 6.28. The third-order valence-corrected chi connectivity index (χ3v) is 2.29. The van der Waals surface area contributed by atoms with Gasteiger partial charge >= 0.3 is 18.0 Å². The molecule has 0 saturated heterocycles. The van der Waals surface area contributed by atoms with E-state index in [1.54, 1.807) is 0 Å². The fourth-order valence-electron chi connectivity index (χ4n) is 1.03. The first-order valence-electron chi connectivity index (χ1n) is 4.88. The minimum atomic E-state index is -6.03. The highest BCUT2D eigenvalue weighted by Crippen LogP contribution is 2.36. The smallest absolute Gasteiger partial charge is 0.383 e. The number of methoxy groups -OCH3 is 1. The Balaban J connectivity index is 5.04. The van der Waals surface area contributed by atoms with Crippen molar-refractivity contribution in [2.45, 2.75) is 12.1 Å². The summed E-state index contributed by atoms with van der Waals surface area (Å²) in [5.41, 5.74) is 0. The van der Waals surface area contributed by atoms with Crippen LogP contribution in [-0.4, -0.2) is 61.4 Å². The lowest BCUT2D eigenvalue weighted by Crippen LogP contribution is -2.54. The third kappa shape index (κ3) is 4.90. The minimum absolute atomic E-state index is 0.0711. The van der Waals surface area contributed by atoms with Crippen LogP contribution < -0.4 is 0 Å². The Labute approximate surface area is 110 Å². The summed E-state index contributed by atoms with van der Waals surface area (Å²) in [5, 5.41) is 0. The predicted octanol–water partition coefficient (Wildman–Crippen LogP) is 1.47. The predicted molar refractivity (Wildman–Crippen MR) is 55.2 cm³/mol. The molecule has 0 aromatic rings. The van der Waals surface area contributed by atoms with Crippen molar-refractivity contribution >= 4 is 23.3 Å². The fraction of sp³-hybridized carbons (Fsp3) is 0.778. The lowest BCUT2D eigenvalue weighted by atomic mass is 10.2. The Hall–Kier alpha value is -0.960. The second-order valence-corrected chi connectivity index (χ2v) is 3.73. The van der Waals surface area contributed by atoms with Crippen LogP contribution in [0.5, 0.6) is 0 Å². The molecule has 112 valence electrons. The monoisotopic (exact) mass is 311 g/mol. The number of ether oxygens (including phenoxy) is 1. The van der Waals surface area contributed by atoms with E-state index in [9.17, 15) is 31.5 Å². The maximum atomic E-state index is 12.9. The van der Waals surface area contributed by atoms with E-state index in [0.717, 1.165) is 7.11 Å². The number of hydrogen-bond donors (Lipinski definition) is 0. The summed E-state index contributed by atoms with van der Waals surface area (Å²) in [6.45, 7) is -1.81. The van der Waals surface area contributed by atoms with E-state index in [-0.39, 0.29) is 11.5 Å². The topological polar surface area (TPSA) is 46.6 Å². The molecular formula is C9H11ClF5NO3. The van der Waals surface area contributed by atoms with Crippen LogP contribution in [0.15, 0.2) is 0 Å². The lowest BCUT2D eigenvalue weighted by molar-refractivity contribution is -0.274. The number of Topliss-reactive ketones (excluding diaryl/α,β-unsaturated/α-hetero) is 1. The molecule has 0 aromatic carbocycles. The highest BCUT2D eigenvalue weighted by Gasteiger charge is 2.64. The molecule has 0 rings (SSSR count). The second-order valence-electron chi connectivity index (χ2n) is 3.46. The Morgan fingerprint density at radius 2 is 1.74 bits per heavy atom. The van der Waals surface area contributed by atoms with Gasteiger partial charge in [0.15, 0.2) is 5.78 Å². The van der Waals surface area contributed by atoms with E-state index < -0.39 is 42.8 Å². The molecule has 0 unspecified atom stereocenters. The highest BCUT2D eigenvalue weighted by atomic mass is 35.5. The van der Waals surface area contributed by atoms with Gasteiger partial charge in [-0.25, -0.2) is 0 Å². The van der Waals surface area contributed by atoms with Gasteiger partial charge in [-0.15, -0.1) is 11.6 Å². The molecule has 1 amide bonds. The molecule has 0 radical (unpaired) electrons. The molecule has 0 aliphatic heterocycles. The van der Waals surface area contributed by atoms with Crippen LogP contribution in [-0.2, 0) is 14.3 Å². The van der Waals surface area contributed by atoms with Crippen molar-refractivity contribution in [2.24, 2.45) is 0 Å². The number of amides is 1. The number of halogens is 6. The van der Waals surface area contributed by atoms with Crippen molar-refractivity contribution in [3.05, 3.63) is 0 Å². The number of nitrogens with zero attached hydrogens (tertiary/aromatic N) is 1. The molecule has 0 spiro atoms. The van der Waals surface area contributed by atoms with Gasteiger partial charge < -0.3 is 9.64 Å². The van der Waals surface area contributed by atoms with Gasteiger partial charge in [-0.2, -0.15) is 22.0 Å². The first-order chi connectivity index (χ1) is 8.57. The molecule has 10 heteroatoms. The SMILES string of the molecule is COCCN(CC(=O)CCl)C(=O)C(F)(F)C(F)(F)F. The number of carbonyl (C=O) groups excluding carboxylic acids is 2. The van der Waals surface area contributed by atoms with Crippen molar-refractivity contribution in [2.75, 3.05) is 32.7 Å². The summed E-state index contributed by atoms with van der Waals surface area (Å²) in [6.07, 6.45) is -6.03. The number of carbonyl (C=O) groups is 2.